The topological polar surface area (TPSA) is 35.2 Å². The summed E-state index contributed by atoms with van der Waals surface area (Å²) in [7, 11) is 0. The fourth-order valence-corrected chi connectivity index (χ4v) is 2.12. The van der Waals surface area contributed by atoms with Crippen LogP contribution >= 0.6 is 0 Å². The molecule has 0 bridgehead atoms. The zero-order valence-corrected chi connectivity index (χ0v) is 9.74. The first-order chi connectivity index (χ1) is 7.61. The standard InChI is InChI=1S/C13H18FNO/c1-3-8(2)12-7-11(15)10-5-4-9(14)6-13(10)16-12/h4-6,8,11-12H,3,7,15H2,1-2H3/t8?,11-,12?/m0/s1. The summed E-state index contributed by atoms with van der Waals surface area (Å²) in [4.78, 5) is 0. The summed E-state index contributed by atoms with van der Waals surface area (Å²) in [6, 6.07) is 4.56. The second kappa shape index (κ2) is 4.42. The molecule has 1 aromatic rings. The number of fused-ring (bicyclic) bond motifs is 1. The van der Waals surface area contributed by atoms with Crippen molar-refractivity contribution < 1.29 is 9.13 Å². The fraction of sp³-hybridized carbons (Fsp3) is 0.538. The molecule has 0 saturated carbocycles. The number of benzene rings is 1. The van der Waals surface area contributed by atoms with Crippen molar-refractivity contribution in [2.24, 2.45) is 11.7 Å². The van der Waals surface area contributed by atoms with Crippen molar-refractivity contribution in [1.29, 1.82) is 0 Å². The summed E-state index contributed by atoms with van der Waals surface area (Å²) in [6.45, 7) is 4.27. The van der Waals surface area contributed by atoms with Crippen LogP contribution in [0.4, 0.5) is 4.39 Å². The van der Waals surface area contributed by atoms with E-state index in [-0.39, 0.29) is 18.0 Å². The van der Waals surface area contributed by atoms with Gasteiger partial charge in [-0.3, -0.25) is 0 Å². The van der Waals surface area contributed by atoms with Crippen LogP contribution in [0.3, 0.4) is 0 Å². The first-order valence-electron chi connectivity index (χ1n) is 5.83. The average Bonchev–Trinajstić information content (AvgIpc) is 2.27. The van der Waals surface area contributed by atoms with Gasteiger partial charge in [-0.1, -0.05) is 26.3 Å². The van der Waals surface area contributed by atoms with E-state index in [1.165, 1.54) is 12.1 Å². The van der Waals surface area contributed by atoms with Crippen molar-refractivity contribution in [3.05, 3.63) is 29.6 Å². The van der Waals surface area contributed by atoms with E-state index in [1.807, 2.05) is 0 Å². The summed E-state index contributed by atoms with van der Waals surface area (Å²) in [6.07, 6.45) is 1.96. The Morgan fingerprint density at radius 1 is 1.56 bits per heavy atom. The smallest absolute Gasteiger partial charge is 0.127 e. The van der Waals surface area contributed by atoms with E-state index in [0.29, 0.717) is 11.7 Å². The molecule has 1 aliphatic rings. The molecule has 0 saturated heterocycles. The van der Waals surface area contributed by atoms with E-state index in [2.05, 4.69) is 13.8 Å². The molecule has 0 fully saturated rings. The maximum absolute atomic E-state index is 13.1. The summed E-state index contributed by atoms with van der Waals surface area (Å²) < 4.78 is 18.9. The summed E-state index contributed by atoms with van der Waals surface area (Å²) in [5, 5.41) is 0. The molecule has 2 N–H and O–H groups in total. The molecule has 3 atom stereocenters. The lowest BCUT2D eigenvalue weighted by molar-refractivity contribution is 0.104. The Bertz CT molecular complexity index is 380. The zero-order valence-electron chi connectivity index (χ0n) is 9.74. The summed E-state index contributed by atoms with van der Waals surface area (Å²) in [5.41, 5.74) is 6.99. The predicted octanol–water partition coefficient (Wildman–Crippen LogP) is 3.02. The van der Waals surface area contributed by atoms with Gasteiger partial charge in [0.05, 0.1) is 0 Å². The van der Waals surface area contributed by atoms with Crippen LogP contribution in [0.2, 0.25) is 0 Å². The SMILES string of the molecule is CCC(C)C1C[C@H](N)c2ccc(F)cc2O1. The van der Waals surface area contributed by atoms with Gasteiger partial charge in [0.1, 0.15) is 17.7 Å². The van der Waals surface area contributed by atoms with Crippen LogP contribution in [0.5, 0.6) is 5.75 Å². The normalized spacial score (nSPS) is 25.8. The van der Waals surface area contributed by atoms with Gasteiger partial charge in [0.15, 0.2) is 0 Å². The minimum absolute atomic E-state index is 0.0386. The number of halogens is 1. The molecule has 2 rings (SSSR count). The number of rotatable bonds is 2. The minimum Gasteiger partial charge on any atom is -0.490 e. The van der Waals surface area contributed by atoms with Crippen molar-refractivity contribution in [3.8, 4) is 5.75 Å². The second-order valence-corrected chi connectivity index (χ2v) is 4.57. The van der Waals surface area contributed by atoms with Crippen LogP contribution in [0.15, 0.2) is 18.2 Å². The predicted molar refractivity (Wildman–Crippen MR) is 61.8 cm³/mol. The fourth-order valence-electron chi connectivity index (χ4n) is 2.12. The Kier molecular flexibility index (Phi) is 3.15. The average molecular weight is 223 g/mol. The Morgan fingerprint density at radius 2 is 2.31 bits per heavy atom. The van der Waals surface area contributed by atoms with E-state index in [9.17, 15) is 4.39 Å². The third-order valence-corrected chi connectivity index (χ3v) is 3.42. The lowest BCUT2D eigenvalue weighted by atomic mass is 9.90. The highest BCUT2D eigenvalue weighted by atomic mass is 19.1. The molecule has 2 nitrogen and oxygen atoms in total. The zero-order chi connectivity index (χ0) is 11.7. The third kappa shape index (κ3) is 2.05. The van der Waals surface area contributed by atoms with E-state index in [4.69, 9.17) is 10.5 Å². The maximum Gasteiger partial charge on any atom is 0.127 e. The van der Waals surface area contributed by atoms with Gasteiger partial charge in [0.2, 0.25) is 0 Å². The Hall–Kier alpha value is -1.09. The lowest BCUT2D eigenvalue weighted by Gasteiger charge is -2.33. The van der Waals surface area contributed by atoms with Crippen molar-refractivity contribution in [2.75, 3.05) is 0 Å². The molecule has 88 valence electrons. The molecule has 16 heavy (non-hydrogen) atoms. The van der Waals surface area contributed by atoms with Crippen molar-refractivity contribution in [3.63, 3.8) is 0 Å². The molecule has 0 aliphatic carbocycles. The van der Waals surface area contributed by atoms with Gasteiger partial charge in [-0.2, -0.15) is 0 Å². The van der Waals surface area contributed by atoms with Crippen molar-refractivity contribution in [2.45, 2.75) is 38.8 Å². The minimum atomic E-state index is -0.268. The van der Waals surface area contributed by atoms with Gasteiger partial charge in [0, 0.05) is 24.1 Å². The molecule has 1 aliphatic heterocycles. The number of hydrogen-bond acceptors (Lipinski definition) is 2. The molecule has 1 aromatic carbocycles. The third-order valence-electron chi connectivity index (χ3n) is 3.42. The number of nitrogens with two attached hydrogens (primary N) is 1. The van der Waals surface area contributed by atoms with E-state index >= 15 is 0 Å². The number of ether oxygens (including phenoxy) is 1. The molecule has 0 spiro atoms. The van der Waals surface area contributed by atoms with Gasteiger partial charge in [-0.05, 0) is 12.0 Å². The Morgan fingerprint density at radius 3 is 3.00 bits per heavy atom. The molecule has 0 amide bonds. The number of hydrogen-bond donors (Lipinski definition) is 1. The maximum atomic E-state index is 13.1. The molecule has 1 heterocycles. The second-order valence-electron chi connectivity index (χ2n) is 4.57. The van der Waals surface area contributed by atoms with Crippen LogP contribution in [0, 0.1) is 11.7 Å². The van der Waals surface area contributed by atoms with Crippen LogP contribution < -0.4 is 10.5 Å². The lowest BCUT2D eigenvalue weighted by Crippen LogP contribution is -2.34. The molecular formula is C13H18FNO. The summed E-state index contributed by atoms with van der Waals surface area (Å²) in [5.74, 6) is 0.794. The molecule has 0 aromatic heterocycles. The largest absolute Gasteiger partial charge is 0.490 e. The molecule has 3 heteroatoms. The highest BCUT2D eigenvalue weighted by Crippen LogP contribution is 2.36. The van der Waals surface area contributed by atoms with Crippen LogP contribution in [0.1, 0.15) is 38.3 Å². The van der Waals surface area contributed by atoms with E-state index in [0.717, 1.165) is 18.4 Å². The first-order valence-corrected chi connectivity index (χ1v) is 5.83. The van der Waals surface area contributed by atoms with Crippen LogP contribution in [-0.4, -0.2) is 6.10 Å². The Labute approximate surface area is 95.6 Å². The van der Waals surface area contributed by atoms with E-state index < -0.39 is 0 Å². The first kappa shape index (κ1) is 11.4. The van der Waals surface area contributed by atoms with Gasteiger partial charge >= 0.3 is 0 Å². The van der Waals surface area contributed by atoms with Crippen LogP contribution in [0.25, 0.3) is 0 Å². The summed E-state index contributed by atoms with van der Waals surface area (Å²) >= 11 is 0. The van der Waals surface area contributed by atoms with Gasteiger partial charge in [-0.15, -0.1) is 0 Å². The highest BCUT2D eigenvalue weighted by molar-refractivity contribution is 5.38. The Balaban J connectivity index is 2.27. The van der Waals surface area contributed by atoms with Crippen molar-refractivity contribution >= 4 is 0 Å². The molecule has 0 radical (unpaired) electrons. The van der Waals surface area contributed by atoms with Gasteiger partial charge in [0.25, 0.3) is 0 Å². The molecular weight excluding hydrogens is 205 g/mol. The van der Waals surface area contributed by atoms with E-state index in [1.54, 1.807) is 6.07 Å². The van der Waals surface area contributed by atoms with Gasteiger partial charge in [-0.25, -0.2) is 4.39 Å². The van der Waals surface area contributed by atoms with Crippen LogP contribution in [-0.2, 0) is 0 Å². The highest BCUT2D eigenvalue weighted by Gasteiger charge is 2.29. The monoisotopic (exact) mass is 223 g/mol. The molecule has 2 unspecified atom stereocenters. The quantitative estimate of drug-likeness (QED) is 0.836. The van der Waals surface area contributed by atoms with Gasteiger partial charge < -0.3 is 10.5 Å². The van der Waals surface area contributed by atoms with Crippen molar-refractivity contribution in [1.82, 2.24) is 0 Å².